The standard InChI is InChI=1S/C22H23O5P/c23-16-15-21-13-7-8-14-22(21)27-28(24,25-17-19-9-3-1-4-10-19)26-18-20-11-5-2-6-12-20/h1-14,23H,15-18H2. The van der Waals surface area contributed by atoms with Crippen LogP contribution in [0.25, 0.3) is 0 Å². The van der Waals surface area contributed by atoms with Gasteiger partial charge in [-0.3, -0.25) is 9.05 Å². The molecule has 0 atom stereocenters. The fourth-order valence-electron chi connectivity index (χ4n) is 2.59. The molecular formula is C22H23O5P. The molecule has 0 bridgehead atoms. The highest BCUT2D eigenvalue weighted by Crippen LogP contribution is 2.51. The third kappa shape index (κ3) is 6.04. The van der Waals surface area contributed by atoms with Gasteiger partial charge in [-0.1, -0.05) is 78.9 Å². The van der Waals surface area contributed by atoms with Crippen molar-refractivity contribution < 1.29 is 23.2 Å². The number of hydrogen-bond acceptors (Lipinski definition) is 5. The summed E-state index contributed by atoms with van der Waals surface area (Å²) in [4.78, 5) is 0. The lowest BCUT2D eigenvalue weighted by Crippen LogP contribution is -2.05. The molecule has 0 unspecified atom stereocenters. The van der Waals surface area contributed by atoms with Crippen LogP contribution in [-0.2, 0) is 33.2 Å². The van der Waals surface area contributed by atoms with E-state index >= 15 is 0 Å². The summed E-state index contributed by atoms with van der Waals surface area (Å²) in [5, 5.41) is 9.26. The van der Waals surface area contributed by atoms with Gasteiger partial charge in [0.05, 0.1) is 13.2 Å². The van der Waals surface area contributed by atoms with Crippen molar-refractivity contribution in [3.8, 4) is 5.75 Å². The minimum Gasteiger partial charge on any atom is -0.404 e. The van der Waals surface area contributed by atoms with Crippen LogP contribution in [0.3, 0.4) is 0 Å². The van der Waals surface area contributed by atoms with Crippen LogP contribution in [0.1, 0.15) is 16.7 Å². The highest BCUT2D eigenvalue weighted by atomic mass is 31.2. The van der Waals surface area contributed by atoms with Gasteiger partial charge in [-0.15, -0.1) is 0 Å². The minimum absolute atomic E-state index is 0.0413. The van der Waals surface area contributed by atoms with Gasteiger partial charge in [0.2, 0.25) is 0 Å². The molecule has 1 N–H and O–H groups in total. The van der Waals surface area contributed by atoms with Gasteiger partial charge < -0.3 is 9.63 Å². The summed E-state index contributed by atoms with van der Waals surface area (Å²) in [6, 6.07) is 25.9. The Balaban J connectivity index is 1.78. The molecule has 0 radical (unpaired) electrons. The number of rotatable bonds is 10. The zero-order valence-corrected chi connectivity index (χ0v) is 16.3. The van der Waals surface area contributed by atoms with E-state index in [-0.39, 0.29) is 19.8 Å². The quantitative estimate of drug-likeness (QED) is 0.479. The fraction of sp³-hybridized carbons (Fsp3) is 0.182. The molecule has 0 aliphatic heterocycles. The molecule has 0 saturated heterocycles. The Kier molecular flexibility index (Phi) is 7.40. The van der Waals surface area contributed by atoms with Crippen molar-refractivity contribution in [1.82, 2.24) is 0 Å². The number of hydrogen-bond donors (Lipinski definition) is 1. The summed E-state index contributed by atoms with van der Waals surface area (Å²) in [5.74, 6) is 0.376. The summed E-state index contributed by atoms with van der Waals surface area (Å²) in [5.41, 5.74) is 2.45. The van der Waals surface area contributed by atoms with E-state index in [1.165, 1.54) is 0 Å². The Hall–Kier alpha value is -2.43. The number of phosphoric acid groups is 1. The maximum Gasteiger partial charge on any atom is 0.530 e. The Morgan fingerprint density at radius 2 is 1.21 bits per heavy atom. The van der Waals surface area contributed by atoms with Gasteiger partial charge in [-0.25, -0.2) is 4.57 Å². The zero-order chi connectivity index (χ0) is 19.7. The molecule has 3 aromatic rings. The van der Waals surface area contributed by atoms with E-state index < -0.39 is 7.82 Å². The molecule has 5 nitrogen and oxygen atoms in total. The first-order valence-electron chi connectivity index (χ1n) is 9.04. The van der Waals surface area contributed by atoms with Crippen LogP contribution >= 0.6 is 7.82 Å². The number of aliphatic hydroxyl groups is 1. The average Bonchev–Trinajstić information content (AvgIpc) is 2.74. The van der Waals surface area contributed by atoms with E-state index in [2.05, 4.69) is 0 Å². The van der Waals surface area contributed by atoms with Gasteiger partial charge in [0.25, 0.3) is 0 Å². The van der Waals surface area contributed by atoms with Crippen LogP contribution in [0.2, 0.25) is 0 Å². The van der Waals surface area contributed by atoms with E-state index in [1.807, 2.05) is 72.8 Å². The SMILES string of the molecule is O=P(OCc1ccccc1)(OCc1ccccc1)Oc1ccccc1CCO. The number of benzene rings is 3. The Labute approximate surface area is 165 Å². The van der Waals surface area contributed by atoms with E-state index in [4.69, 9.17) is 13.6 Å². The van der Waals surface area contributed by atoms with E-state index in [9.17, 15) is 9.67 Å². The second-order valence-electron chi connectivity index (χ2n) is 6.14. The van der Waals surface area contributed by atoms with Crippen molar-refractivity contribution in [3.05, 3.63) is 102 Å². The summed E-state index contributed by atoms with van der Waals surface area (Å²) >= 11 is 0. The third-order valence-corrected chi connectivity index (χ3v) is 5.34. The maximum absolute atomic E-state index is 13.4. The predicted molar refractivity (Wildman–Crippen MR) is 108 cm³/mol. The summed E-state index contributed by atoms with van der Waals surface area (Å²) in [7, 11) is -3.90. The molecule has 6 heteroatoms. The molecule has 0 amide bonds. The van der Waals surface area contributed by atoms with E-state index in [0.29, 0.717) is 12.2 Å². The molecule has 0 aromatic heterocycles. The predicted octanol–water partition coefficient (Wildman–Crippen LogP) is 5.14. The van der Waals surface area contributed by atoms with Crippen LogP contribution in [0.4, 0.5) is 0 Å². The molecule has 3 rings (SSSR count). The lowest BCUT2D eigenvalue weighted by Gasteiger charge is -2.20. The largest absolute Gasteiger partial charge is 0.530 e. The third-order valence-electron chi connectivity index (χ3n) is 4.03. The smallest absolute Gasteiger partial charge is 0.404 e. The molecule has 3 aromatic carbocycles. The van der Waals surface area contributed by atoms with Crippen molar-refractivity contribution in [1.29, 1.82) is 0 Å². The topological polar surface area (TPSA) is 65.0 Å². The van der Waals surface area contributed by atoms with Gasteiger partial charge in [0, 0.05) is 6.61 Å². The normalized spacial score (nSPS) is 11.3. The number of aliphatic hydroxyl groups excluding tert-OH is 1. The highest BCUT2D eigenvalue weighted by Gasteiger charge is 2.30. The van der Waals surface area contributed by atoms with Crippen LogP contribution in [0, 0.1) is 0 Å². The van der Waals surface area contributed by atoms with Crippen LogP contribution < -0.4 is 4.52 Å². The average molecular weight is 398 g/mol. The highest BCUT2D eigenvalue weighted by molar-refractivity contribution is 7.48. The number of para-hydroxylation sites is 1. The Morgan fingerprint density at radius 1 is 0.714 bits per heavy atom. The second kappa shape index (κ2) is 10.2. The zero-order valence-electron chi connectivity index (χ0n) is 15.4. The van der Waals surface area contributed by atoms with E-state index in [1.54, 1.807) is 12.1 Å². The van der Waals surface area contributed by atoms with Gasteiger partial charge >= 0.3 is 7.82 Å². The van der Waals surface area contributed by atoms with E-state index in [0.717, 1.165) is 16.7 Å². The minimum atomic E-state index is -3.90. The second-order valence-corrected chi connectivity index (χ2v) is 7.73. The molecule has 0 fully saturated rings. The van der Waals surface area contributed by atoms with Crippen molar-refractivity contribution in [2.24, 2.45) is 0 Å². The molecule has 0 spiro atoms. The van der Waals surface area contributed by atoms with Gasteiger partial charge in [0.1, 0.15) is 5.75 Å². The number of phosphoric ester groups is 1. The van der Waals surface area contributed by atoms with Crippen LogP contribution in [0.5, 0.6) is 5.75 Å². The summed E-state index contributed by atoms with van der Waals surface area (Å²) in [6.45, 7) is 0.143. The van der Waals surface area contributed by atoms with Crippen molar-refractivity contribution in [3.63, 3.8) is 0 Å². The molecule has 0 saturated carbocycles. The first-order chi connectivity index (χ1) is 13.7. The molecule has 146 valence electrons. The van der Waals surface area contributed by atoms with Crippen molar-refractivity contribution >= 4 is 7.82 Å². The molecule has 0 aliphatic rings. The fourth-order valence-corrected chi connectivity index (χ4v) is 3.80. The monoisotopic (exact) mass is 398 g/mol. The summed E-state index contributed by atoms with van der Waals surface area (Å²) in [6.07, 6.45) is 0.382. The Morgan fingerprint density at radius 3 is 1.75 bits per heavy atom. The van der Waals surface area contributed by atoms with Crippen LogP contribution in [0.15, 0.2) is 84.9 Å². The first kappa shape index (κ1) is 20.3. The molecule has 0 heterocycles. The molecule has 28 heavy (non-hydrogen) atoms. The maximum atomic E-state index is 13.4. The molecular weight excluding hydrogens is 375 g/mol. The van der Waals surface area contributed by atoms with Crippen LogP contribution in [-0.4, -0.2) is 11.7 Å². The lowest BCUT2D eigenvalue weighted by molar-refractivity contribution is 0.142. The van der Waals surface area contributed by atoms with Gasteiger partial charge in [-0.2, -0.15) is 0 Å². The van der Waals surface area contributed by atoms with Gasteiger partial charge in [0.15, 0.2) is 0 Å². The van der Waals surface area contributed by atoms with Crippen molar-refractivity contribution in [2.75, 3.05) is 6.61 Å². The van der Waals surface area contributed by atoms with Crippen molar-refractivity contribution in [2.45, 2.75) is 19.6 Å². The Bertz CT molecular complexity index is 852. The molecule has 0 aliphatic carbocycles. The lowest BCUT2D eigenvalue weighted by atomic mass is 10.1. The van der Waals surface area contributed by atoms with Gasteiger partial charge in [-0.05, 0) is 29.2 Å². The summed E-state index contributed by atoms with van der Waals surface area (Å²) < 4.78 is 30.3. The first-order valence-corrected chi connectivity index (χ1v) is 10.5.